The monoisotopic (exact) mass is 534 g/mol. The van der Waals surface area contributed by atoms with Gasteiger partial charge in [0.05, 0.1) is 33.4 Å². The molecule has 0 aromatic heterocycles. The molecule has 2 aliphatic rings. The second kappa shape index (κ2) is 11.6. The average Bonchev–Trinajstić information content (AvgIpc) is 3.30. The highest BCUT2D eigenvalue weighted by Gasteiger charge is 2.45. The third-order valence-corrected chi connectivity index (χ3v) is 6.56. The number of hydrogen-bond acceptors (Lipinski definition) is 11. The van der Waals surface area contributed by atoms with Crippen LogP contribution in [0.5, 0.6) is 23.0 Å². The summed E-state index contributed by atoms with van der Waals surface area (Å²) in [5, 5.41) is 58.9. The van der Waals surface area contributed by atoms with Crippen molar-refractivity contribution >= 4 is 12.0 Å². The number of benzene rings is 2. The highest BCUT2D eigenvalue weighted by atomic mass is 16.7. The second-order valence-corrected chi connectivity index (χ2v) is 8.87. The molecule has 6 N–H and O–H groups in total. The number of methoxy groups -OCH3 is 2. The highest BCUT2D eigenvalue weighted by molar-refractivity contribution is 5.85. The summed E-state index contributed by atoms with van der Waals surface area (Å²) in [6.07, 6.45) is -5.49. The molecule has 2 aromatic rings. The number of aliphatic hydroxyl groups excluding tert-OH is 5. The summed E-state index contributed by atoms with van der Waals surface area (Å²) in [7, 11) is 2.86. The predicted octanol–water partition coefficient (Wildman–Crippen LogP) is 0.190. The summed E-state index contributed by atoms with van der Waals surface area (Å²) in [6, 6.07) is 8.18. The van der Waals surface area contributed by atoms with Gasteiger partial charge in [-0.25, -0.2) is 4.79 Å². The molecule has 4 rings (SSSR count). The number of carbonyl (C=O) groups is 1. The van der Waals surface area contributed by atoms with Gasteiger partial charge >= 0.3 is 5.97 Å². The maximum absolute atomic E-state index is 11.0. The fourth-order valence-electron chi connectivity index (χ4n) is 4.58. The van der Waals surface area contributed by atoms with Gasteiger partial charge in [0, 0.05) is 11.6 Å². The third kappa shape index (κ3) is 5.27. The zero-order valence-electron chi connectivity index (χ0n) is 20.6. The Kier molecular flexibility index (Phi) is 8.41. The van der Waals surface area contributed by atoms with Gasteiger partial charge in [-0.2, -0.15) is 0 Å². The Bertz CT molecular complexity index is 1180. The lowest BCUT2D eigenvalue weighted by Gasteiger charge is -2.39. The first-order chi connectivity index (χ1) is 18.2. The Morgan fingerprint density at radius 3 is 2.32 bits per heavy atom. The van der Waals surface area contributed by atoms with Crippen molar-refractivity contribution in [2.24, 2.45) is 0 Å². The largest absolute Gasteiger partial charge is 0.493 e. The van der Waals surface area contributed by atoms with Crippen LogP contribution in [0.4, 0.5) is 0 Å². The first-order valence-electron chi connectivity index (χ1n) is 11.8. The smallest absolute Gasteiger partial charge is 0.328 e. The van der Waals surface area contributed by atoms with Crippen molar-refractivity contribution in [3.05, 3.63) is 53.1 Å². The standard InChI is InChI=1S/C26H30O12/c1-34-17-9-13(4-5-16(17)36-26-23(33)22(32)21(31)19(11-28)37-26)24-15(10-27)14-7-12(3-6-20(29)30)8-18(35-2)25(14)38-24/h3-9,15,19,21-24,26-28,31-33H,10-11H2,1-2H3,(H,29,30)/t15-,19-,21-,22+,23-,24+,26-/m1/s1. The summed E-state index contributed by atoms with van der Waals surface area (Å²) in [5.74, 6) is -0.440. The Morgan fingerprint density at radius 1 is 0.947 bits per heavy atom. The van der Waals surface area contributed by atoms with Gasteiger partial charge < -0.3 is 54.3 Å². The fourth-order valence-corrected chi connectivity index (χ4v) is 4.58. The molecule has 7 atom stereocenters. The van der Waals surface area contributed by atoms with E-state index in [1.165, 1.54) is 26.4 Å². The van der Waals surface area contributed by atoms with Crippen LogP contribution in [-0.2, 0) is 9.53 Å². The normalized spacial score (nSPS) is 28.6. The average molecular weight is 535 g/mol. The van der Waals surface area contributed by atoms with E-state index in [-0.39, 0.29) is 18.1 Å². The van der Waals surface area contributed by atoms with Crippen LogP contribution in [0.3, 0.4) is 0 Å². The quantitative estimate of drug-likeness (QED) is 0.240. The maximum atomic E-state index is 11.0. The predicted molar refractivity (Wildman–Crippen MR) is 130 cm³/mol. The molecule has 0 amide bonds. The van der Waals surface area contributed by atoms with Crippen LogP contribution in [-0.4, -0.2) is 94.7 Å². The van der Waals surface area contributed by atoms with Crippen LogP contribution in [0, 0.1) is 0 Å². The van der Waals surface area contributed by atoms with E-state index in [2.05, 4.69) is 0 Å². The van der Waals surface area contributed by atoms with E-state index < -0.39 is 55.3 Å². The topological polar surface area (TPSA) is 185 Å². The van der Waals surface area contributed by atoms with Gasteiger partial charge in [0.1, 0.15) is 30.5 Å². The molecule has 206 valence electrons. The van der Waals surface area contributed by atoms with Crippen LogP contribution in [0.25, 0.3) is 6.08 Å². The van der Waals surface area contributed by atoms with Gasteiger partial charge in [-0.05, 0) is 41.5 Å². The lowest BCUT2D eigenvalue weighted by atomic mass is 9.90. The lowest BCUT2D eigenvalue weighted by molar-refractivity contribution is -0.277. The van der Waals surface area contributed by atoms with Gasteiger partial charge in [0.25, 0.3) is 0 Å². The minimum absolute atomic E-state index is 0.148. The Morgan fingerprint density at radius 2 is 1.68 bits per heavy atom. The highest BCUT2D eigenvalue weighted by Crippen LogP contribution is 2.51. The summed E-state index contributed by atoms with van der Waals surface area (Å²) in [4.78, 5) is 11.0. The molecule has 12 nitrogen and oxygen atoms in total. The Hall–Kier alpha value is -3.39. The molecule has 12 heteroatoms. The molecule has 0 bridgehead atoms. The summed E-state index contributed by atoms with van der Waals surface area (Å²) in [6.45, 7) is -0.876. The molecule has 1 saturated heterocycles. The van der Waals surface area contributed by atoms with Crippen LogP contribution in [0.2, 0.25) is 0 Å². The van der Waals surface area contributed by atoms with Crippen molar-refractivity contribution in [3.8, 4) is 23.0 Å². The van der Waals surface area contributed by atoms with Gasteiger partial charge in [0.15, 0.2) is 23.0 Å². The molecule has 0 unspecified atom stereocenters. The van der Waals surface area contributed by atoms with Crippen molar-refractivity contribution in [2.45, 2.75) is 42.7 Å². The number of aliphatic carboxylic acids is 1. The summed E-state index contributed by atoms with van der Waals surface area (Å²) >= 11 is 0. The van der Waals surface area contributed by atoms with Crippen molar-refractivity contribution in [1.29, 1.82) is 0 Å². The fraction of sp³-hybridized carbons (Fsp3) is 0.423. The number of ether oxygens (including phenoxy) is 5. The van der Waals surface area contributed by atoms with Crippen LogP contribution < -0.4 is 18.9 Å². The van der Waals surface area contributed by atoms with Gasteiger partial charge in [-0.1, -0.05) is 6.07 Å². The number of carboxylic acids is 1. The number of aliphatic hydroxyl groups is 5. The first kappa shape index (κ1) is 27.6. The first-order valence-corrected chi connectivity index (χ1v) is 11.8. The molecule has 2 heterocycles. The van der Waals surface area contributed by atoms with Crippen molar-refractivity contribution < 1.29 is 59.1 Å². The number of carboxylic acid groups (broad SMARTS) is 1. The van der Waals surface area contributed by atoms with Gasteiger partial charge in [-0.3, -0.25) is 0 Å². The lowest BCUT2D eigenvalue weighted by Crippen LogP contribution is -2.60. The van der Waals surface area contributed by atoms with Crippen molar-refractivity contribution in [2.75, 3.05) is 27.4 Å². The van der Waals surface area contributed by atoms with Crippen molar-refractivity contribution in [3.63, 3.8) is 0 Å². The maximum Gasteiger partial charge on any atom is 0.328 e. The minimum Gasteiger partial charge on any atom is -0.493 e. The van der Waals surface area contributed by atoms with Crippen LogP contribution in [0.15, 0.2) is 36.4 Å². The van der Waals surface area contributed by atoms with E-state index in [9.17, 15) is 30.3 Å². The summed E-state index contributed by atoms with van der Waals surface area (Å²) in [5.41, 5.74) is 1.82. The minimum atomic E-state index is -1.60. The van der Waals surface area contributed by atoms with E-state index in [0.29, 0.717) is 28.2 Å². The molecule has 2 aliphatic heterocycles. The zero-order valence-corrected chi connectivity index (χ0v) is 20.6. The molecule has 2 aromatic carbocycles. The number of hydrogen-bond donors (Lipinski definition) is 6. The van der Waals surface area contributed by atoms with Crippen LogP contribution in [0.1, 0.15) is 28.7 Å². The number of rotatable bonds is 9. The molecule has 0 aliphatic carbocycles. The third-order valence-electron chi connectivity index (χ3n) is 6.56. The van der Waals surface area contributed by atoms with E-state index in [1.807, 2.05) is 0 Å². The SMILES string of the molecule is COc1cc([C@@H]2Oc3c(OC)cc(C=CC(=O)O)cc3[C@H]2CO)ccc1O[C@@H]1O[C@H](CO)[C@@H](O)[C@H](O)[C@H]1O. The summed E-state index contributed by atoms with van der Waals surface area (Å²) < 4.78 is 28.2. The molecule has 0 radical (unpaired) electrons. The van der Waals surface area contributed by atoms with Gasteiger partial charge in [0.2, 0.25) is 6.29 Å². The van der Waals surface area contributed by atoms with Gasteiger partial charge in [-0.15, -0.1) is 0 Å². The molecular weight excluding hydrogens is 504 g/mol. The van der Waals surface area contributed by atoms with E-state index in [1.54, 1.807) is 24.3 Å². The van der Waals surface area contributed by atoms with Crippen molar-refractivity contribution in [1.82, 2.24) is 0 Å². The Labute approximate surface area is 217 Å². The molecule has 0 spiro atoms. The Balaban J connectivity index is 1.62. The van der Waals surface area contributed by atoms with E-state index in [4.69, 9.17) is 28.8 Å². The molecule has 0 saturated carbocycles. The zero-order chi connectivity index (χ0) is 27.6. The molecule has 1 fully saturated rings. The van der Waals surface area contributed by atoms with E-state index in [0.717, 1.165) is 6.08 Å². The van der Waals surface area contributed by atoms with Crippen LogP contribution >= 0.6 is 0 Å². The molecule has 38 heavy (non-hydrogen) atoms. The number of fused-ring (bicyclic) bond motifs is 1. The van der Waals surface area contributed by atoms with E-state index >= 15 is 0 Å². The molecular formula is C26H30O12. The second-order valence-electron chi connectivity index (χ2n) is 8.87.